The summed E-state index contributed by atoms with van der Waals surface area (Å²) in [4.78, 5) is 11.1. The molecule has 1 aromatic heterocycles. The molecule has 0 aliphatic heterocycles. The zero-order chi connectivity index (χ0) is 10.9. The van der Waals surface area contributed by atoms with E-state index in [0.717, 1.165) is 6.26 Å². The first kappa shape index (κ1) is 10.9. The van der Waals surface area contributed by atoms with E-state index in [1.54, 1.807) is 6.92 Å². The first-order valence-electron chi connectivity index (χ1n) is 4.07. The summed E-state index contributed by atoms with van der Waals surface area (Å²) in [6, 6.07) is -0.425. The van der Waals surface area contributed by atoms with E-state index in [4.69, 9.17) is 0 Å². The lowest BCUT2D eigenvalue weighted by Gasteiger charge is -2.06. The lowest BCUT2D eigenvalue weighted by Crippen LogP contribution is -2.13. The number of ketones is 1. The first-order chi connectivity index (χ1) is 6.32. The second-order valence-electron chi connectivity index (χ2n) is 3.21. The number of carbonyl (C=O) groups is 1. The van der Waals surface area contributed by atoms with E-state index in [9.17, 15) is 13.2 Å². The Kier molecular flexibility index (Phi) is 2.75. The predicted molar refractivity (Wildman–Crippen MR) is 50.7 cm³/mol. The predicted octanol–water partition coefficient (Wildman–Crippen LogP) is 0.437. The van der Waals surface area contributed by atoms with E-state index >= 15 is 0 Å². The smallest absolute Gasteiger partial charge is 0.178 e. The van der Waals surface area contributed by atoms with Gasteiger partial charge < -0.3 is 0 Å². The summed E-state index contributed by atoms with van der Waals surface area (Å²) in [5.74, 6) is -0.0619. The molecule has 0 N–H and O–H groups in total. The number of hydrogen-bond acceptors (Lipinski definition) is 4. The van der Waals surface area contributed by atoms with Crippen LogP contribution in [-0.2, 0) is 14.6 Å². The minimum atomic E-state index is -3.24. The van der Waals surface area contributed by atoms with Gasteiger partial charge >= 0.3 is 0 Å². The van der Waals surface area contributed by atoms with Crippen LogP contribution in [-0.4, -0.2) is 30.2 Å². The summed E-state index contributed by atoms with van der Waals surface area (Å²) in [5.41, 5.74) is 0. The number of aromatic nitrogens is 2. The Balaban J connectivity index is 3.06. The van der Waals surface area contributed by atoms with Gasteiger partial charge in [-0.15, -0.1) is 0 Å². The Morgan fingerprint density at radius 3 is 2.50 bits per heavy atom. The SMILES string of the molecule is CC(=O)C(C)n1cc(S(C)(=O)=O)cn1. The minimum Gasteiger partial charge on any atom is -0.298 e. The molecule has 1 heterocycles. The van der Waals surface area contributed by atoms with E-state index in [0.29, 0.717) is 0 Å². The van der Waals surface area contributed by atoms with Gasteiger partial charge in [0.2, 0.25) is 0 Å². The van der Waals surface area contributed by atoms with Crippen LogP contribution in [0.15, 0.2) is 17.3 Å². The molecule has 78 valence electrons. The van der Waals surface area contributed by atoms with Crippen molar-refractivity contribution in [1.82, 2.24) is 9.78 Å². The van der Waals surface area contributed by atoms with Crippen LogP contribution in [0.4, 0.5) is 0 Å². The third-order valence-corrected chi connectivity index (χ3v) is 3.06. The Bertz CT molecular complexity index is 447. The lowest BCUT2D eigenvalue weighted by atomic mass is 10.2. The van der Waals surface area contributed by atoms with Gasteiger partial charge in [0.1, 0.15) is 10.9 Å². The zero-order valence-corrected chi connectivity index (χ0v) is 9.08. The van der Waals surface area contributed by atoms with Crippen LogP contribution < -0.4 is 0 Å². The maximum Gasteiger partial charge on any atom is 0.178 e. The molecule has 0 saturated heterocycles. The molecule has 1 unspecified atom stereocenters. The molecule has 0 aliphatic rings. The summed E-state index contributed by atoms with van der Waals surface area (Å²) >= 11 is 0. The van der Waals surface area contributed by atoms with Crippen molar-refractivity contribution in [1.29, 1.82) is 0 Å². The largest absolute Gasteiger partial charge is 0.298 e. The Hall–Kier alpha value is -1.17. The Morgan fingerprint density at radius 2 is 2.14 bits per heavy atom. The summed E-state index contributed by atoms with van der Waals surface area (Å²) < 4.78 is 23.5. The molecule has 5 nitrogen and oxygen atoms in total. The quantitative estimate of drug-likeness (QED) is 0.735. The number of hydrogen-bond donors (Lipinski definition) is 0. The van der Waals surface area contributed by atoms with Gasteiger partial charge in [-0.25, -0.2) is 8.42 Å². The van der Waals surface area contributed by atoms with Crippen LogP contribution in [0.25, 0.3) is 0 Å². The maximum atomic E-state index is 11.1. The fourth-order valence-electron chi connectivity index (χ4n) is 0.910. The van der Waals surface area contributed by atoms with Crippen LogP contribution in [0.3, 0.4) is 0 Å². The van der Waals surface area contributed by atoms with Gasteiger partial charge in [-0.3, -0.25) is 9.48 Å². The van der Waals surface area contributed by atoms with Gasteiger partial charge in [0, 0.05) is 12.5 Å². The highest BCUT2D eigenvalue weighted by molar-refractivity contribution is 7.90. The summed E-state index contributed by atoms with van der Waals surface area (Å²) in [7, 11) is -3.24. The van der Waals surface area contributed by atoms with Crippen LogP contribution in [0.2, 0.25) is 0 Å². The molecule has 14 heavy (non-hydrogen) atoms. The van der Waals surface area contributed by atoms with E-state index in [1.807, 2.05) is 0 Å². The second kappa shape index (κ2) is 3.53. The van der Waals surface area contributed by atoms with E-state index in [1.165, 1.54) is 24.0 Å². The van der Waals surface area contributed by atoms with Gasteiger partial charge in [0.15, 0.2) is 15.6 Å². The Labute approximate surface area is 82.7 Å². The van der Waals surface area contributed by atoms with Crippen molar-refractivity contribution in [3.8, 4) is 0 Å². The highest BCUT2D eigenvalue weighted by Crippen LogP contribution is 2.11. The topological polar surface area (TPSA) is 69.0 Å². The van der Waals surface area contributed by atoms with Crippen molar-refractivity contribution in [2.45, 2.75) is 24.8 Å². The molecule has 0 radical (unpaired) electrons. The molecule has 1 atom stereocenters. The van der Waals surface area contributed by atoms with Gasteiger partial charge in [-0.2, -0.15) is 5.10 Å². The fraction of sp³-hybridized carbons (Fsp3) is 0.500. The second-order valence-corrected chi connectivity index (χ2v) is 5.23. The van der Waals surface area contributed by atoms with Crippen LogP contribution in [0.5, 0.6) is 0 Å². The molecule has 0 amide bonds. The minimum absolute atomic E-state index is 0.0619. The molecule has 1 rings (SSSR count). The molecule has 6 heteroatoms. The van der Waals surface area contributed by atoms with Gasteiger partial charge in [0.05, 0.1) is 6.20 Å². The highest BCUT2D eigenvalue weighted by Gasteiger charge is 2.15. The van der Waals surface area contributed by atoms with E-state index in [2.05, 4.69) is 5.10 Å². The molecule has 0 aliphatic carbocycles. The van der Waals surface area contributed by atoms with Crippen molar-refractivity contribution in [2.75, 3.05) is 6.26 Å². The molecular formula is C8H12N2O3S. The van der Waals surface area contributed by atoms with E-state index < -0.39 is 15.9 Å². The monoisotopic (exact) mass is 216 g/mol. The lowest BCUT2D eigenvalue weighted by molar-refractivity contribution is -0.119. The number of carbonyl (C=O) groups excluding carboxylic acids is 1. The molecule has 0 aromatic carbocycles. The summed E-state index contributed by atoms with van der Waals surface area (Å²) in [6.07, 6.45) is 3.71. The number of nitrogens with zero attached hydrogens (tertiary/aromatic N) is 2. The number of sulfone groups is 1. The molecule has 0 fully saturated rings. The normalized spacial score (nSPS) is 13.9. The molecule has 0 saturated carbocycles. The first-order valence-corrected chi connectivity index (χ1v) is 5.96. The van der Waals surface area contributed by atoms with Crippen molar-refractivity contribution >= 4 is 15.6 Å². The fourth-order valence-corrected chi connectivity index (χ4v) is 1.45. The molecule has 0 spiro atoms. The summed E-state index contributed by atoms with van der Waals surface area (Å²) in [6.45, 7) is 3.11. The van der Waals surface area contributed by atoms with Gasteiger partial charge in [-0.05, 0) is 13.8 Å². The van der Waals surface area contributed by atoms with Gasteiger partial charge in [0.25, 0.3) is 0 Å². The number of rotatable bonds is 3. The molecule has 0 bridgehead atoms. The maximum absolute atomic E-state index is 11.1. The average molecular weight is 216 g/mol. The third-order valence-electron chi connectivity index (χ3n) is 1.99. The van der Waals surface area contributed by atoms with Crippen molar-refractivity contribution < 1.29 is 13.2 Å². The highest BCUT2D eigenvalue weighted by atomic mass is 32.2. The van der Waals surface area contributed by atoms with Crippen molar-refractivity contribution in [3.63, 3.8) is 0 Å². The van der Waals surface area contributed by atoms with Crippen LogP contribution in [0.1, 0.15) is 19.9 Å². The van der Waals surface area contributed by atoms with Crippen molar-refractivity contribution in [2.24, 2.45) is 0 Å². The molecule has 1 aromatic rings. The average Bonchev–Trinajstić information content (AvgIpc) is 2.49. The molecular weight excluding hydrogens is 204 g/mol. The summed E-state index contributed by atoms with van der Waals surface area (Å²) in [5, 5.41) is 3.82. The van der Waals surface area contributed by atoms with E-state index in [-0.39, 0.29) is 10.7 Å². The standard InChI is InChI=1S/C8H12N2O3S/c1-6(7(2)11)10-5-8(4-9-10)14(3,12)13/h4-6H,1-3H3. The number of Topliss-reactive ketones (excluding diaryl/α,β-unsaturated/α-hetero) is 1. The zero-order valence-electron chi connectivity index (χ0n) is 8.26. The third kappa shape index (κ3) is 2.20. The van der Waals surface area contributed by atoms with Crippen LogP contribution in [0, 0.1) is 0 Å². The van der Waals surface area contributed by atoms with Gasteiger partial charge in [-0.1, -0.05) is 0 Å². The van der Waals surface area contributed by atoms with Crippen LogP contribution >= 0.6 is 0 Å². The van der Waals surface area contributed by atoms with Crippen molar-refractivity contribution in [3.05, 3.63) is 12.4 Å². The Morgan fingerprint density at radius 1 is 1.57 bits per heavy atom.